The van der Waals surface area contributed by atoms with E-state index in [-0.39, 0.29) is 27.8 Å². The number of rotatable bonds is 6. The molecule has 156 valence electrons. The van der Waals surface area contributed by atoms with Crippen molar-refractivity contribution in [3.05, 3.63) is 103 Å². The first kappa shape index (κ1) is 20.4. The van der Waals surface area contributed by atoms with Crippen molar-refractivity contribution < 1.29 is 22.0 Å². The van der Waals surface area contributed by atoms with Gasteiger partial charge in [-0.3, -0.25) is 9.52 Å². The van der Waals surface area contributed by atoms with Gasteiger partial charge < -0.3 is 9.73 Å². The van der Waals surface area contributed by atoms with Gasteiger partial charge in [-0.15, -0.1) is 0 Å². The molecule has 2 N–H and O–H groups in total. The number of halogens is 1. The summed E-state index contributed by atoms with van der Waals surface area (Å²) < 4.78 is 46.4. The van der Waals surface area contributed by atoms with E-state index in [4.69, 9.17) is 4.42 Å². The van der Waals surface area contributed by atoms with Crippen LogP contribution in [0.2, 0.25) is 0 Å². The number of furan rings is 1. The second-order valence-corrected chi connectivity index (χ2v) is 8.27. The molecule has 3 aromatic carbocycles. The molecule has 0 aliphatic heterocycles. The summed E-state index contributed by atoms with van der Waals surface area (Å²) in [5.41, 5.74) is 1.10. The molecule has 1 aromatic heterocycles. The molecule has 31 heavy (non-hydrogen) atoms. The minimum absolute atomic E-state index is 0.0278. The Hall–Kier alpha value is -3.91. The Morgan fingerprint density at radius 2 is 1.42 bits per heavy atom. The Morgan fingerprint density at radius 1 is 0.774 bits per heavy atom. The molecular weight excluding hydrogens is 419 g/mol. The number of nitrogens with one attached hydrogen (secondary N) is 2. The second kappa shape index (κ2) is 8.45. The second-order valence-electron chi connectivity index (χ2n) is 6.59. The van der Waals surface area contributed by atoms with E-state index in [2.05, 4.69) is 10.0 Å². The van der Waals surface area contributed by atoms with Crippen LogP contribution < -0.4 is 10.0 Å². The number of hydrogen-bond donors (Lipinski definition) is 2. The molecular formula is C23H17FN2O4S. The van der Waals surface area contributed by atoms with E-state index in [1.807, 2.05) is 0 Å². The standard InChI is InChI=1S/C23H17FN2O4S/c24-17-12-10-16(11-13-17)21-14-15-22(30-21)23(27)25-19-8-4-5-9-20(19)26-31(28,29)18-6-2-1-3-7-18/h1-15,26H,(H,25,27). The summed E-state index contributed by atoms with van der Waals surface area (Å²) in [7, 11) is -3.83. The minimum Gasteiger partial charge on any atom is -0.451 e. The molecule has 0 atom stereocenters. The number of carbonyl (C=O) groups excluding carboxylic acids is 1. The van der Waals surface area contributed by atoms with E-state index < -0.39 is 15.9 Å². The van der Waals surface area contributed by atoms with Gasteiger partial charge in [0.1, 0.15) is 11.6 Å². The van der Waals surface area contributed by atoms with Crippen LogP contribution in [0.3, 0.4) is 0 Å². The van der Waals surface area contributed by atoms with Crippen molar-refractivity contribution in [2.24, 2.45) is 0 Å². The first-order chi connectivity index (χ1) is 14.9. The van der Waals surface area contributed by atoms with Crippen LogP contribution in [0.4, 0.5) is 15.8 Å². The molecule has 0 unspecified atom stereocenters. The first-order valence-corrected chi connectivity index (χ1v) is 10.7. The van der Waals surface area contributed by atoms with Gasteiger partial charge in [-0.1, -0.05) is 30.3 Å². The molecule has 4 aromatic rings. The van der Waals surface area contributed by atoms with Crippen LogP contribution in [-0.4, -0.2) is 14.3 Å². The van der Waals surface area contributed by atoms with Crippen molar-refractivity contribution in [1.82, 2.24) is 0 Å². The lowest BCUT2D eigenvalue weighted by molar-refractivity contribution is 0.0997. The van der Waals surface area contributed by atoms with Gasteiger partial charge in [-0.25, -0.2) is 12.8 Å². The fraction of sp³-hybridized carbons (Fsp3) is 0. The van der Waals surface area contributed by atoms with Gasteiger partial charge in [0.15, 0.2) is 5.76 Å². The number of hydrogen-bond acceptors (Lipinski definition) is 4. The highest BCUT2D eigenvalue weighted by Crippen LogP contribution is 2.27. The summed E-state index contributed by atoms with van der Waals surface area (Å²) in [6.45, 7) is 0. The van der Waals surface area contributed by atoms with Gasteiger partial charge in [-0.2, -0.15) is 0 Å². The largest absolute Gasteiger partial charge is 0.451 e. The Kier molecular flexibility index (Phi) is 5.55. The Bertz CT molecular complexity index is 1320. The van der Waals surface area contributed by atoms with Gasteiger partial charge in [0.2, 0.25) is 0 Å². The fourth-order valence-electron chi connectivity index (χ4n) is 2.90. The average molecular weight is 436 g/mol. The van der Waals surface area contributed by atoms with Gasteiger partial charge in [0.25, 0.3) is 15.9 Å². The number of amides is 1. The molecule has 0 fully saturated rings. The quantitative estimate of drug-likeness (QED) is 0.438. The predicted molar refractivity (Wildman–Crippen MR) is 116 cm³/mol. The predicted octanol–water partition coefficient (Wildman–Crippen LogP) is 5.14. The molecule has 1 heterocycles. The molecule has 0 saturated carbocycles. The fourth-order valence-corrected chi connectivity index (χ4v) is 4.00. The molecule has 0 aliphatic rings. The summed E-state index contributed by atoms with van der Waals surface area (Å²) in [5, 5.41) is 2.66. The van der Waals surface area contributed by atoms with E-state index in [9.17, 15) is 17.6 Å². The molecule has 0 bridgehead atoms. The van der Waals surface area contributed by atoms with Gasteiger partial charge in [-0.05, 0) is 60.7 Å². The van der Waals surface area contributed by atoms with Crippen molar-refractivity contribution in [3.8, 4) is 11.3 Å². The van der Waals surface area contributed by atoms with E-state index in [0.717, 1.165) is 0 Å². The summed E-state index contributed by atoms with van der Waals surface area (Å²) in [6.07, 6.45) is 0. The van der Waals surface area contributed by atoms with Crippen LogP contribution in [0.1, 0.15) is 10.6 Å². The highest BCUT2D eigenvalue weighted by atomic mass is 32.2. The van der Waals surface area contributed by atoms with Crippen molar-refractivity contribution in [1.29, 1.82) is 0 Å². The van der Waals surface area contributed by atoms with E-state index in [0.29, 0.717) is 11.3 Å². The molecule has 6 nitrogen and oxygen atoms in total. The molecule has 0 spiro atoms. The number of benzene rings is 3. The van der Waals surface area contributed by atoms with Crippen molar-refractivity contribution in [2.75, 3.05) is 10.0 Å². The normalized spacial score (nSPS) is 11.1. The highest BCUT2D eigenvalue weighted by Gasteiger charge is 2.18. The Labute approximate surface area is 178 Å². The lowest BCUT2D eigenvalue weighted by Gasteiger charge is -2.13. The number of carbonyl (C=O) groups is 1. The third-order valence-corrected chi connectivity index (χ3v) is 5.81. The molecule has 8 heteroatoms. The Morgan fingerprint density at radius 3 is 2.13 bits per heavy atom. The van der Waals surface area contributed by atoms with Gasteiger partial charge >= 0.3 is 0 Å². The minimum atomic E-state index is -3.83. The van der Waals surface area contributed by atoms with Crippen LogP contribution in [0.5, 0.6) is 0 Å². The SMILES string of the molecule is O=C(Nc1ccccc1NS(=O)(=O)c1ccccc1)c1ccc(-c2ccc(F)cc2)o1. The van der Waals surface area contributed by atoms with Crippen molar-refractivity contribution in [2.45, 2.75) is 4.90 Å². The summed E-state index contributed by atoms with van der Waals surface area (Å²) in [4.78, 5) is 12.8. The smallest absolute Gasteiger partial charge is 0.291 e. The highest BCUT2D eigenvalue weighted by molar-refractivity contribution is 7.92. The van der Waals surface area contributed by atoms with Crippen molar-refractivity contribution in [3.63, 3.8) is 0 Å². The summed E-state index contributed by atoms with van der Waals surface area (Å²) in [6, 6.07) is 23.1. The third kappa shape index (κ3) is 4.65. The van der Waals surface area contributed by atoms with Crippen LogP contribution >= 0.6 is 0 Å². The first-order valence-electron chi connectivity index (χ1n) is 9.26. The summed E-state index contributed by atoms with van der Waals surface area (Å²) >= 11 is 0. The number of sulfonamides is 1. The maximum absolute atomic E-state index is 13.1. The molecule has 4 rings (SSSR count). The lowest BCUT2D eigenvalue weighted by atomic mass is 10.2. The summed E-state index contributed by atoms with van der Waals surface area (Å²) in [5.74, 6) is -0.495. The molecule has 0 saturated heterocycles. The van der Waals surface area contributed by atoms with Crippen LogP contribution in [-0.2, 0) is 10.0 Å². The molecule has 0 radical (unpaired) electrons. The third-order valence-electron chi connectivity index (χ3n) is 4.43. The number of para-hydroxylation sites is 2. The van der Waals surface area contributed by atoms with Crippen LogP contribution in [0.25, 0.3) is 11.3 Å². The van der Waals surface area contributed by atoms with E-state index in [1.54, 1.807) is 60.7 Å². The van der Waals surface area contributed by atoms with E-state index >= 15 is 0 Å². The zero-order valence-electron chi connectivity index (χ0n) is 16.1. The lowest BCUT2D eigenvalue weighted by Crippen LogP contribution is -2.16. The zero-order valence-corrected chi connectivity index (χ0v) is 16.9. The number of anilines is 2. The Balaban J connectivity index is 1.54. The van der Waals surface area contributed by atoms with Crippen LogP contribution in [0, 0.1) is 5.82 Å². The zero-order chi connectivity index (χ0) is 21.8. The van der Waals surface area contributed by atoms with E-state index in [1.165, 1.54) is 30.3 Å². The van der Waals surface area contributed by atoms with Gasteiger partial charge in [0, 0.05) is 5.56 Å². The van der Waals surface area contributed by atoms with Crippen LogP contribution in [0.15, 0.2) is 100 Å². The maximum atomic E-state index is 13.1. The van der Waals surface area contributed by atoms with Crippen molar-refractivity contribution >= 4 is 27.3 Å². The monoisotopic (exact) mass is 436 g/mol. The molecule has 0 aliphatic carbocycles. The maximum Gasteiger partial charge on any atom is 0.291 e. The topological polar surface area (TPSA) is 88.4 Å². The average Bonchev–Trinajstić information content (AvgIpc) is 3.26. The molecule has 1 amide bonds. The van der Waals surface area contributed by atoms with Gasteiger partial charge in [0.05, 0.1) is 16.3 Å².